The number of nitrogens with zero attached hydrogens (tertiary/aromatic N) is 4. The van der Waals surface area contributed by atoms with Crippen molar-refractivity contribution < 1.29 is 0 Å². The molecular formula is C13H15N5S. The van der Waals surface area contributed by atoms with Gasteiger partial charge in [-0.1, -0.05) is 0 Å². The molecule has 98 valence electrons. The van der Waals surface area contributed by atoms with E-state index in [0.29, 0.717) is 0 Å². The van der Waals surface area contributed by atoms with Crippen LogP contribution in [0, 0.1) is 13.8 Å². The Hall–Kier alpha value is -1.79. The van der Waals surface area contributed by atoms with Crippen molar-refractivity contribution in [2.24, 2.45) is 0 Å². The van der Waals surface area contributed by atoms with Gasteiger partial charge in [-0.05, 0) is 13.8 Å². The summed E-state index contributed by atoms with van der Waals surface area (Å²) in [5, 5.41) is 8.84. The van der Waals surface area contributed by atoms with Crippen LogP contribution in [0.2, 0.25) is 0 Å². The van der Waals surface area contributed by atoms with E-state index in [2.05, 4.69) is 27.3 Å². The lowest BCUT2D eigenvalue weighted by molar-refractivity contribution is 0.682. The Morgan fingerprint density at radius 1 is 1.21 bits per heavy atom. The highest BCUT2D eigenvalue weighted by molar-refractivity contribution is 7.11. The average Bonchev–Trinajstić information content (AvgIpc) is 2.94. The molecule has 0 aliphatic heterocycles. The first-order valence-electron chi connectivity index (χ1n) is 6.13. The van der Waals surface area contributed by atoms with Crippen LogP contribution in [0.1, 0.15) is 21.1 Å². The fraction of sp³-hybridized carbons (Fsp3) is 0.308. The minimum Gasteiger partial charge on any atom is -0.306 e. The van der Waals surface area contributed by atoms with Gasteiger partial charge in [-0.2, -0.15) is 5.10 Å². The van der Waals surface area contributed by atoms with Gasteiger partial charge in [-0.15, -0.1) is 11.3 Å². The summed E-state index contributed by atoms with van der Waals surface area (Å²) < 4.78 is 1.82. The van der Waals surface area contributed by atoms with Gasteiger partial charge >= 0.3 is 0 Å². The van der Waals surface area contributed by atoms with Gasteiger partial charge in [0.1, 0.15) is 5.01 Å². The fourth-order valence-electron chi connectivity index (χ4n) is 1.92. The summed E-state index contributed by atoms with van der Waals surface area (Å²) in [6.45, 7) is 5.59. The maximum atomic E-state index is 4.38. The highest BCUT2D eigenvalue weighted by Gasteiger charge is 2.02. The lowest BCUT2D eigenvalue weighted by atomic mass is 10.3. The second kappa shape index (κ2) is 5.07. The van der Waals surface area contributed by atoms with Gasteiger partial charge in [0.2, 0.25) is 0 Å². The molecule has 0 saturated carbocycles. The predicted octanol–water partition coefficient (Wildman–Crippen LogP) is 2.09. The molecule has 0 fully saturated rings. The van der Waals surface area contributed by atoms with E-state index in [4.69, 9.17) is 0 Å². The third-order valence-corrected chi connectivity index (χ3v) is 3.68. The zero-order valence-electron chi connectivity index (χ0n) is 10.9. The number of hydrogen-bond donors (Lipinski definition) is 1. The van der Waals surface area contributed by atoms with Crippen LogP contribution in [0.15, 0.2) is 24.7 Å². The Balaban J connectivity index is 1.64. The molecule has 6 heteroatoms. The van der Waals surface area contributed by atoms with E-state index in [1.807, 2.05) is 36.1 Å². The van der Waals surface area contributed by atoms with E-state index >= 15 is 0 Å². The number of nitrogens with one attached hydrogen (secondary N) is 1. The molecule has 0 bridgehead atoms. The summed E-state index contributed by atoms with van der Waals surface area (Å²) in [7, 11) is 0. The molecule has 3 aromatic rings. The molecule has 0 aliphatic rings. The van der Waals surface area contributed by atoms with Gasteiger partial charge in [-0.3, -0.25) is 0 Å². The van der Waals surface area contributed by atoms with Crippen LogP contribution in [0.25, 0.3) is 5.65 Å². The molecule has 1 N–H and O–H groups in total. The third-order valence-electron chi connectivity index (χ3n) is 2.76. The molecule has 3 heterocycles. The summed E-state index contributed by atoms with van der Waals surface area (Å²) in [5.74, 6) is 0. The first kappa shape index (κ1) is 12.3. The van der Waals surface area contributed by atoms with E-state index in [9.17, 15) is 0 Å². The highest BCUT2D eigenvalue weighted by Crippen LogP contribution is 2.11. The lowest BCUT2D eigenvalue weighted by Gasteiger charge is -2.03. The molecule has 19 heavy (non-hydrogen) atoms. The second-order valence-electron chi connectivity index (χ2n) is 4.52. The van der Waals surface area contributed by atoms with Crippen LogP contribution in [-0.4, -0.2) is 19.6 Å². The maximum absolute atomic E-state index is 4.38. The summed E-state index contributed by atoms with van der Waals surface area (Å²) >= 11 is 1.72. The third kappa shape index (κ3) is 2.80. The van der Waals surface area contributed by atoms with Crippen LogP contribution in [0.4, 0.5) is 0 Å². The zero-order valence-corrected chi connectivity index (χ0v) is 11.7. The average molecular weight is 273 g/mol. The minimum atomic E-state index is 0.764. The van der Waals surface area contributed by atoms with Crippen LogP contribution in [-0.2, 0) is 13.1 Å². The fourth-order valence-corrected chi connectivity index (χ4v) is 2.68. The van der Waals surface area contributed by atoms with Crippen LogP contribution >= 0.6 is 11.3 Å². The van der Waals surface area contributed by atoms with Crippen molar-refractivity contribution in [2.45, 2.75) is 26.9 Å². The van der Waals surface area contributed by atoms with Crippen molar-refractivity contribution >= 4 is 17.0 Å². The van der Waals surface area contributed by atoms with E-state index in [0.717, 1.165) is 35.0 Å². The van der Waals surface area contributed by atoms with Crippen molar-refractivity contribution in [3.63, 3.8) is 0 Å². The molecule has 5 nitrogen and oxygen atoms in total. The summed E-state index contributed by atoms with van der Waals surface area (Å²) in [6, 6.07) is 1.97. The normalized spacial score (nSPS) is 11.3. The minimum absolute atomic E-state index is 0.764. The number of aromatic nitrogens is 4. The Morgan fingerprint density at radius 3 is 2.89 bits per heavy atom. The van der Waals surface area contributed by atoms with Gasteiger partial charge in [0.25, 0.3) is 0 Å². The van der Waals surface area contributed by atoms with E-state index < -0.39 is 0 Å². The largest absolute Gasteiger partial charge is 0.306 e. The quantitative estimate of drug-likeness (QED) is 0.791. The smallest absolute Gasteiger partial charge is 0.155 e. The van der Waals surface area contributed by atoms with Crippen LogP contribution in [0.3, 0.4) is 0 Å². The molecule has 0 atom stereocenters. The molecule has 0 aliphatic carbocycles. The number of fused-ring (bicyclic) bond motifs is 1. The highest BCUT2D eigenvalue weighted by atomic mass is 32.1. The molecule has 0 radical (unpaired) electrons. The van der Waals surface area contributed by atoms with Gasteiger partial charge in [0, 0.05) is 48.2 Å². The molecule has 0 saturated heterocycles. The number of rotatable bonds is 4. The Morgan fingerprint density at radius 2 is 2.11 bits per heavy atom. The van der Waals surface area contributed by atoms with Crippen molar-refractivity contribution in [2.75, 3.05) is 0 Å². The first-order chi connectivity index (χ1) is 9.20. The Labute approximate surface area is 115 Å². The monoisotopic (exact) mass is 273 g/mol. The molecule has 0 amide bonds. The van der Waals surface area contributed by atoms with Gasteiger partial charge in [-0.25, -0.2) is 14.5 Å². The standard InChI is InChI=1S/C13H15N5S/c1-9-3-12-15-6-11(8-18(12)17-9)5-14-7-13-16-4-10(2)19-13/h3-4,6,8,14H,5,7H2,1-2H3. The Kier molecular flexibility index (Phi) is 3.27. The van der Waals surface area contributed by atoms with Crippen molar-refractivity contribution in [1.29, 1.82) is 0 Å². The summed E-state index contributed by atoms with van der Waals surface area (Å²) in [5.41, 5.74) is 2.98. The van der Waals surface area contributed by atoms with Crippen molar-refractivity contribution in [3.05, 3.63) is 45.8 Å². The summed E-state index contributed by atoms with van der Waals surface area (Å²) in [4.78, 5) is 9.94. The van der Waals surface area contributed by atoms with E-state index in [1.54, 1.807) is 11.3 Å². The van der Waals surface area contributed by atoms with Crippen LogP contribution < -0.4 is 5.32 Å². The SMILES string of the molecule is Cc1cc2ncc(CNCc3ncc(C)s3)cn2n1. The van der Waals surface area contributed by atoms with Gasteiger partial charge < -0.3 is 5.32 Å². The van der Waals surface area contributed by atoms with Crippen LogP contribution in [0.5, 0.6) is 0 Å². The number of thiazole rings is 1. The van der Waals surface area contributed by atoms with Gasteiger partial charge in [0.05, 0.1) is 5.69 Å². The second-order valence-corrected chi connectivity index (χ2v) is 5.84. The van der Waals surface area contributed by atoms with Crippen molar-refractivity contribution in [1.82, 2.24) is 24.9 Å². The van der Waals surface area contributed by atoms with Gasteiger partial charge in [0.15, 0.2) is 5.65 Å². The molecule has 3 aromatic heterocycles. The lowest BCUT2D eigenvalue weighted by Crippen LogP contribution is -2.13. The van der Waals surface area contributed by atoms with E-state index in [1.165, 1.54) is 4.88 Å². The number of hydrogen-bond acceptors (Lipinski definition) is 5. The molecule has 0 unspecified atom stereocenters. The zero-order chi connectivity index (χ0) is 13.2. The molecule has 0 spiro atoms. The molecule has 0 aromatic carbocycles. The Bertz CT molecular complexity index is 700. The van der Waals surface area contributed by atoms with Crippen molar-refractivity contribution in [3.8, 4) is 0 Å². The first-order valence-corrected chi connectivity index (χ1v) is 6.95. The molecule has 3 rings (SSSR count). The predicted molar refractivity (Wildman–Crippen MR) is 75.1 cm³/mol. The maximum Gasteiger partial charge on any atom is 0.155 e. The molecular weight excluding hydrogens is 258 g/mol. The summed E-state index contributed by atoms with van der Waals surface area (Å²) in [6.07, 6.45) is 5.80. The topological polar surface area (TPSA) is 55.1 Å². The van der Waals surface area contributed by atoms with E-state index in [-0.39, 0.29) is 0 Å². The number of aryl methyl sites for hydroxylation is 2.